The van der Waals surface area contributed by atoms with Crippen LogP contribution in [0.15, 0.2) is 139 Å². The Morgan fingerprint density at radius 2 is 1.21 bits per heavy atom. The summed E-state index contributed by atoms with van der Waals surface area (Å²) in [6.45, 7) is 20.3. The first-order chi connectivity index (χ1) is 23.6. The van der Waals surface area contributed by atoms with Gasteiger partial charge in [0, 0.05) is 10.8 Å². The Morgan fingerprint density at radius 1 is 0.712 bits per heavy atom. The van der Waals surface area contributed by atoms with Crippen LogP contribution in [-0.4, -0.2) is 3.21 Å². The maximum absolute atomic E-state index is 5.98. The maximum atomic E-state index is 5.98. The molecule has 0 radical (unpaired) electrons. The van der Waals surface area contributed by atoms with Gasteiger partial charge in [-0.15, -0.1) is 48.6 Å². The third-order valence-corrected chi connectivity index (χ3v) is 16.7. The van der Waals surface area contributed by atoms with Crippen LogP contribution >= 0.6 is 48.0 Å². The molecule has 52 heavy (non-hydrogen) atoms. The second kappa shape index (κ2) is 15.4. The van der Waals surface area contributed by atoms with E-state index in [9.17, 15) is 0 Å². The molecule has 0 aliphatic heterocycles. The zero-order valence-corrected chi connectivity index (χ0v) is 37.2. The van der Waals surface area contributed by atoms with E-state index in [1.54, 1.807) is 0 Å². The largest absolute Gasteiger partial charge is 0.273 e. The van der Waals surface area contributed by atoms with Gasteiger partial charge in [0.1, 0.15) is 0 Å². The van der Waals surface area contributed by atoms with Crippen LogP contribution in [0.5, 0.6) is 0 Å². The van der Waals surface area contributed by atoms with Crippen LogP contribution < -0.4 is 0 Å². The van der Waals surface area contributed by atoms with Crippen LogP contribution in [0.4, 0.5) is 0 Å². The van der Waals surface area contributed by atoms with Crippen LogP contribution in [-0.2, 0) is 24.2 Å². The van der Waals surface area contributed by atoms with E-state index in [4.69, 9.17) is 23.2 Å². The van der Waals surface area contributed by atoms with Gasteiger partial charge in [-0.3, -0.25) is 6.08 Å². The van der Waals surface area contributed by atoms with Gasteiger partial charge in [0.25, 0.3) is 0 Å². The summed E-state index contributed by atoms with van der Waals surface area (Å²) in [6.07, 6.45) is 39.3. The molecule has 2 aromatic rings. The van der Waals surface area contributed by atoms with E-state index in [-0.39, 0.29) is 62.7 Å². The predicted octanol–water partition coefficient (Wildman–Crippen LogP) is 13.9. The first kappa shape index (κ1) is 43.0. The normalized spacial score (nSPS) is 37.8. The molecule has 8 unspecified atom stereocenters. The summed E-state index contributed by atoms with van der Waals surface area (Å²) in [4.78, 5) is 0. The standard InChI is InChI=1S/C29H37.C13H8Cl2.C5H5.2ClH.Zr/c1-21-14-13-15-22-20-27(6)25(4)18-10-9-16-23(25,2)24(3)17-11-12-19-26(24,5)29(27,8)28(21,22)7;14-12-5-1-3-10(8-12)7-11-4-2-6-13(15)9-11;1-2-4-5-3-1;;;/h9-20,22H,1-8H3;1-6,8-9H;1-3H,4H2;2*1H;/q-1;;-1;;;+2. The van der Waals surface area contributed by atoms with Gasteiger partial charge in [0.2, 0.25) is 0 Å². The molecule has 0 N–H and O–H groups in total. The molecule has 6 aliphatic carbocycles. The fourth-order valence-electron chi connectivity index (χ4n) is 11.0. The van der Waals surface area contributed by atoms with Gasteiger partial charge >= 0.3 is 120 Å². The van der Waals surface area contributed by atoms with E-state index in [0.717, 1.165) is 27.6 Å². The van der Waals surface area contributed by atoms with E-state index >= 15 is 0 Å². The average molecular weight is 850 g/mol. The Bertz CT molecular complexity index is 1890. The van der Waals surface area contributed by atoms with Crippen molar-refractivity contribution in [1.29, 1.82) is 0 Å². The number of fused-ring (bicyclic) bond motifs is 8. The van der Waals surface area contributed by atoms with Gasteiger partial charge in [-0.05, 0) is 28.6 Å². The molecule has 0 aromatic heterocycles. The Labute approximate surface area is 351 Å². The van der Waals surface area contributed by atoms with Gasteiger partial charge in [-0.1, -0.05) is 115 Å². The van der Waals surface area contributed by atoms with Crippen LogP contribution in [0.3, 0.4) is 0 Å². The van der Waals surface area contributed by atoms with Crippen molar-refractivity contribution in [3.05, 3.63) is 173 Å². The molecule has 5 heteroatoms. The molecule has 2 aromatic carbocycles. The summed E-state index contributed by atoms with van der Waals surface area (Å²) in [5.74, 6) is 0.460. The fraction of sp³-hybridized carbons (Fsp3) is 0.362. The van der Waals surface area contributed by atoms with E-state index in [1.165, 1.54) is 33.0 Å². The Balaban J connectivity index is 0.000000221. The third-order valence-electron chi connectivity index (χ3n) is 14.8. The van der Waals surface area contributed by atoms with E-state index in [2.05, 4.69) is 153 Å². The molecule has 0 spiro atoms. The number of halogens is 4. The number of rotatable bonds is 2. The molecule has 2 saturated carbocycles. The Kier molecular flexibility index (Phi) is 12.8. The molecule has 8 atom stereocenters. The molecule has 0 bridgehead atoms. The summed E-state index contributed by atoms with van der Waals surface area (Å²) < 4.78 is 1.26. The van der Waals surface area contributed by atoms with Gasteiger partial charge in [-0.2, -0.15) is 6.08 Å². The SMILES string of the molecule is CC1=CC=CC2[CH-]C3(C)C4(C)C=CC=CC4(C)C4(C)C=CC=CC4(C)C3(C)C12C.Cl.Cl.Clc1cccc([C](=[Zr+2])c2cccc(Cl)c2)c1.[C-]1=CC=CC1. The minimum atomic E-state index is 0. The summed E-state index contributed by atoms with van der Waals surface area (Å²) in [5, 5.41) is 1.53. The second-order valence-corrected chi connectivity index (χ2v) is 18.2. The summed E-state index contributed by atoms with van der Waals surface area (Å²) in [6, 6.07) is 15.8. The molecule has 6 aliphatic rings. The Hall–Kier alpha value is -1.73. The fourth-order valence-corrected chi connectivity index (χ4v) is 12.2. The van der Waals surface area contributed by atoms with Crippen molar-refractivity contribution in [2.45, 2.75) is 61.8 Å². The molecule has 0 nitrogen and oxygen atoms in total. The van der Waals surface area contributed by atoms with Crippen LogP contribution in [0.25, 0.3) is 0 Å². The minimum absolute atomic E-state index is 0. The van der Waals surface area contributed by atoms with Crippen molar-refractivity contribution >= 4 is 51.2 Å². The van der Waals surface area contributed by atoms with Crippen LogP contribution in [0.1, 0.15) is 72.9 Å². The first-order valence-corrected chi connectivity index (χ1v) is 19.8. The van der Waals surface area contributed by atoms with E-state index in [1.807, 2.05) is 48.6 Å². The van der Waals surface area contributed by atoms with Crippen LogP contribution in [0, 0.1) is 56.3 Å². The number of hydrogen-bond donors (Lipinski definition) is 0. The van der Waals surface area contributed by atoms with Gasteiger partial charge in [0.05, 0.1) is 0 Å². The number of benzene rings is 2. The van der Waals surface area contributed by atoms with Gasteiger partial charge in [0.15, 0.2) is 0 Å². The smallest absolute Gasteiger partial charge is 0.109 e. The van der Waals surface area contributed by atoms with Crippen molar-refractivity contribution < 1.29 is 24.2 Å². The van der Waals surface area contributed by atoms with E-state index in [0.29, 0.717) is 5.92 Å². The summed E-state index contributed by atoms with van der Waals surface area (Å²) >= 11 is 13.3. The Morgan fingerprint density at radius 3 is 1.67 bits per heavy atom. The van der Waals surface area contributed by atoms with Crippen LogP contribution in [0.2, 0.25) is 10.0 Å². The van der Waals surface area contributed by atoms with Crippen molar-refractivity contribution in [2.75, 3.05) is 0 Å². The molecule has 2 fully saturated rings. The zero-order valence-electron chi connectivity index (χ0n) is 31.6. The average Bonchev–Trinajstić information content (AvgIpc) is 3.74. The van der Waals surface area contributed by atoms with Crippen molar-refractivity contribution in [3.8, 4) is 0 Å². The number of allylic oxidation sites excluding steroid dienone is 16. The monoisotopic (exact) mass is 846 g/mol. The topological polar surface area (TPSA) is 0 Å². The quantitative estimate of drug-likeness (QED) is 0.264. The van der Waals surface area contributed by atoms with Crippen molar-refractivity contribution in [1.82, 2.24) is 0 Å². The predicted molar refractivity (Wildman–Crippen MR) is 226 cm³/mol. The molecule has 272 valence electrons. The maximum Gasteiger partial charge on any atom is -0.109 e. The summed E-state index contributed by atoms with van der Waals surface area (Å²) in [5.41, 5.74) is 4.05. The summed E-state index contributed by atoms with van der Waals surface area (Å²) in [7, 11) is 0. The molecule has 0 saturated heterocycles. The third kappa shape index (κ3) is 5.90. The zero-order chi connectivity index (χ0) is 36.2. The molecular weight excluding hydrogens is 798 g/mol. The number of hydrogen-bond acceptors (Lipinski definition) is 0. The minimum Gasteiger partial charge on any atom is -0.273 e. The van der Waals surface area contributed by atoms with Gasteiger partial charge < -0.3 is 6.42 Å². The second-order valence-electron chi connectivity index (χ2n) is 16.1. The van der Waals surface area contributed by atoms with Gasteiger partial charge in [-0.25, -0.2) is 12.2 Å². The molecule has 8 rings (SSSR count). The van der Waals surface area contributed by atoms with Crippen molar-refractivity contribution in [2.24, 2.45) is 43.8 Å². The first-order valence-electron chi connectivity index (χ1n) is 17.8. The molecule has 0 amide bonds. The van der Waals surface area contributed by atoms with Crippen molar-refractivity contribution in [3.63, 3.8) is 0 Å². The molecular formula is C47H52Cl4Zr. The molecule has 0 heterocycles. The van der Waals surface area contributed by atoms with E-state index < -0.39 is 0 Å².